The van der Waals surface area contributed by atoms with Crippen LogP contribution in [-0.4, -0.2) is 37.9 Å². The number of hydrogen-bond acceptors (Lipinski definition) is 6. The molecular formula is C15H20N6O3. The van der Waals surface area contributed by atoms with Crippen molar-refractivity contribution in [3.8, 4) is 5.69 Å². The lowest BCUT2D eigenvalue weighted by molar-refractivity contribution is -0.129. The molecule has 5 N–H and O–H groups in total. The number of aryl methyl sites for hydroxylation is 1. The monoisotopic (exact) mass is 332 g/mol. The average Bonchev–Trinajstić information content (AvgIpc) is 2.91. The van der Waals surface area contributed by atoms with E-state index in [1.807, 2.05) is 24.3 Å². The van der Waals surface area contributed by atoms with E-state index in [9.17, 15) is 9.59 Å². The highest BCUT2D eigenvalue weighted by Gasteiger charge is 2.16. The van der Waals surface area contributed by atoms with E-state index >= 15 is 0 Å². The minimum Gasteiger partial charge on any atom is -0.370 e. The van der Waals surface area contributed by atoms with Gasteiger partial charge in [-0.25, -0.2) is 0 Å². The zero-order valence-electron chi connectivity index (χ0n) is 13.5. The molecule has 0 aliphatic heterocycles. The second-order valence-corrected chi connectivity index (χ2v) is 5.20. The van der Waals surface area contributed by atoms with Crippen molar-refractivity contribution in [2.24, 2.45) is 5.73 Å². The first kappa shape index (κ1) is 17.6. The number of rotatable bonds is 6. The van der Waals surface area contributed by atoms with Crippen molar-refractivity contribution < 1.29 is 14.7 Å². The number of hydrogen-bond donors (Lipinski definition) is 4. The Balaban J connectivity index is 2.30. The Bertz CT molecular complexity index is 741. The molecular weight excluding hydrogens is 312 g/mol. The van der Waals surface area contributed by atoms with Gasteiger partial charge in [-0.2, -0.15) is 0 Å². The summed E-state index contributed by atoms with van der Waals surface area (Å²) in [4.78, 5) is 22.6. The van der Waals surface area contributed by atoms with Crippen molar-refractivity contribution >= 4 is 11.8 Å². The fourth-order valence-corrected chi connectivity index (χ4v) is 2.20. The molecule has 0 unspecified atom stereocenters. The third-order valence-electron chi connectivity index (χ3n) is 3.34. The SMILES string of the molecule is CC(=O)NCc1ccccc1-n1c(C)nnc1CNC(=O)[C@H](N)O. The Labute approximate surface area is 138 Å². The fourth-order valence-electron chi connectivity index (χ4n) is 2.20. The first-order valence-corrected chi connectivity index (χ1v) is 7.35. The van der Waals surface area contributed by atoms with Gasteiger partial charge in [0.1, 0.15) is 5.82 Å². The first-order valence-electron chi connectivity index (χ1n) is 7.35. The van der Waals surface area contributed by atoms with Crippen molar-refractivity contribution in [2.75, 3.05) is 0 Å². The van der Waals surface area contributed by atoms with Gasteiger partial charge in [-0.3, -0.25) is 19.9 Å². The molecule has 1 aromatic heterocycles. The molecule has 128 valence electrons. The quantitative estimate of drug-likeness (QED) is 0.507. The summed E-state index contributed by atoms with van der Waals surface area (Å²) in [5.74, 6) is 0.281. The molecule has 1 atom stereocenters. The molecule has 2 rings (SSSR count). The summed E-state index contributed by atoms with van der Waals surface area (Å²) in [5, 5.41) is 22.4. The molecule has 0 spiro atoms. The summed E-state index contributed by atoms with van der Waals surface area (Å²) < 4.78 is 1.78. The van der Waals surface area contributed by atoms with Crippen molar-refractivity contribution in [3.63, 3.8) is 0 Å². The van der Waals surface area contributed by atoms with Crippen LogP contribution in [0.5, 0.6) is 0 Å². The molecule has 9 heteroatoms. The third-order valence-corrected chi connectivity index (χ3v) is 3.34. The standard InChI is InChI=1S/C15H20N6O3/c1-9-19-20-13(8-18-15(24)14(16)23)21(9)12-6-4-3-5-11(12)7-17-10(2)22/h3-6,14,23H,7-8,16H2,1-2H3,(H,17,22)(H,18,24)/t14-/m1/s1. The molecule has 1 heterocycles. The number of benzene rings is 1. The summed E-state index contributed by atoms with van der Waals surface area (Å²) in [6, 6.07) is 7.48. The molecule has 0 radical (unpaired) electrons. The second-order valence-electron chi connectivity index (χ2n) is 5.20. The number of para-hydroxylation sites is 1. The van der Waals surface area contributed by atoms with Crippen LogP contribution in [0.2, 0.25) is 0 Å². The topological polar surface area (TPSA) is 135 Å². The number of carbonyl (C=O) groups is 2. The summed E-state index contributed by atoms with van der Waals surface area (Å²) in [7, 11) is 0. The van der Waals surface area contributed by atoms with Crippen LogP contribution in [0.1, 0.15) is 24.1 Å². The Morgan fingerprint density at radius 2 is 1.96 bits per heavy atom. The number of nitrogens with two attached hydrogens (primary N) is 1. The normalized spacial score (nSPS) is 11.8. The maximum absolute atomic E-state index is 11.4. The van der Waals surface area contributed by atoms with Crippen LogP contribution in [0.4, 0.5) is 0 Å². The van der Waals surface area contributed by atoms with Gasteiger partial charge in [-0.1, -0.05) is 18.2 Å². The Hall–Kier alpha value is -2.78. The van der Waals surface area contributed by atoms with E-state index in [0.717, 1.165) is 11.3 Å². The van der Waals surface area contributed by atoms with Gasteiger partial charge in [0.15, 0.2) is 12.1 Å². The summed E-state index contributed by atoms with van der Waals surface area (Å²) in [5.41, 5.74) is 6.78. The van der Waals surface area contributed by atoms with Gasteiger partial charge in [0.2, 0.25) is 5.91 Å². The minimum atomic E-state index is -1.59. The van der Waals surface area contributed by atoms with Gasteiger partial charge in [-0.05, 0) is 18.6 Å². The smallest absolute Gasteiger partial charge is 0.264 e. The lowest BCUT2D eigenvalue weighted by atomic mass is 10.1. The second kappa shape index (κ2) is 7.66. The molecule has 0 fully saturated rings. The predicted octanol–water partition coefficient (Wildman–Crippen LogP) is -0.895. The first-order chi connectivity index (χ1) is 11.4. The zero-order valence-corrected chi connectivity index (χ0v) is 13.5. The van der Waals surface area contributed by atoms with Crippen LogP contribution in [0.25, 0.3) is 5.69 Å². The van der Waals surface area contributed by atoms with E-state index in [4.69, 9.17) is 10.8 Å². The van der Waals surface area contributed by atoms with E-state index in [1.165, 1.54) is 6.92 Å². The highest BCUT2D eigenvalue weighted by atomic mass is 16.3. The molecule has 2 amide bonds. The molecule has 9 nitrogen and oxygen atoms in total. The van der Waals surface area contributed by atoms with Crippen molar-refractivity contribution in [1.29, 1.82) is 0 Å². The largest absolute Gasteiger partial charge is 0.370 e. The fraction of sp³-hybridized carbons (Fsp3) is 0.333. The molecule has 2 aromatic rings. The Morgan fingerprint density at radius 1 is 1.25 bits per heavy atom. The Morgan fingerprint density at radius 3 is 2.62 bits per heavy atom. The van der Waals surface area contributed by atoms with Gasteiger partial charge < -0.3 is 15.7 Å². The molecule has 0 saturated heterocycles. The van der Waals surface area contributed by atoms with Gasteiger partial charge in [-0.15, -0.1) is 10.2 Å². The van der Waals surface area contributed by atoms with Crippen molar-refractivity contribution in [1.82, 2.24) is 25.4 Å². The van der Waals surface area contributed by atoms with E-state index in [2.05, 4.69) is 20.8 Å². The number of carbonyl (C=O) groups excluding carboxylic acids is 2. The number of aromatic nitrogens is 3. The maximum atomic E-state index is 11.4. The third kappa shape index (κ3) is 4.15. The number of aliphatic hydroxyl groups excluding tert-OH is 1. The maximum Gasteiger partial charge on any atom is 0.264 e. The van der Waals surface area contributed by atoms with Gasteiger partial charge in [0.25, 0.3) is 5.91 Å². The van der Waals surface area contributed by atoms with E-state index in [0.29, 0.717) is 18.2 Å². The lowest BCUT2D eigenvalue weighted by Crippen LogP contribution is -2.40. The Kier molecular flexibility index (Phi) is 5.61. The molecule has 24 heavy (non-hydrogen) atoms. The average molecular weight is 332 g/mol. The van der Waals surface area contributed by atoms with Crippen LogP contribution < -0.4 is 16.4 Å². The van der Waals surface area contributed by atoms with E-state index in [-0.39, 0.29) is 12.5 Å². The van der Waals surface area contributed by atoms with Gasteiger partial charge >= 0.3 is 0 Å². The number of nitrogens with zero attached hydrogens (tertiary/aromatic N) is 3. The number of amides is 2. The highest BCUT2D eigenvalue weighted by molar-refractivity contribution is 5.79. The highest BCUT2D eigenvalue weighted by Crippen LogP contribution is 2.18. The van der Waals surface area contributed by atoms with Crippen molar-refractivity contribution in [3.05, 3.63) is 41.5 Å². The van der Waals surface area contributed by atoms with Crippen molar-refractivity contribution in [2.45, 2.75) is 33.2 Å². The molecule has 0 aliphatic rings. The molecule has 0 bridgehead atoms. The van der Waals surface area contributed by atoms with E-state index < -0.39 is 12.1 Å². The minimum absolute atomic E-state index is 0.0579. The van der Waals surface area contributed by atoms with Crippen LogP contribution in [0, 0.1) is 6.92 Å². The summed E-state index contributed by atoms with van der Waals surface area (Å²) in [6.07, 6.45) is -1.59. The van der Waals surface area contributed by atoms with Crippen LogP contribution in [0.15, 0.2) is 24.3 Å². The molecule has 0 saturated carbocycles. The summed E-state index contributed by atoms with van der Waals surface area (Å²) >= 11 is 0. The lowest BCUT2D eigenvalue weighted by Gasteiger charge is -2.14. The number of nitrogens with one attached hydrogen (secondary N) is 2. The van der Waals surface area contributed by atoms with Gasteiger partial charge in [0.05, 0.1) is 12.2 Å². The summed E-state index contributed by atoms with van der Waals surface area (Å²) in [6.45, 7) is 3.65. The molecule has 1 aromatic carbocycles. The number of aliphatic hydroxyl groups is 1. The predicted molar refractivity (Wildman–Crippen MR) is 85.7 cm³/mol. The van der Waals surface area contributed by atoms with E-state index in [1.54, 1.807) is 11.5 Å². The van der Waals surface area contributed by atoms with Crippen LogP contribution in [0.3, 0.4) is 0 Å². The molecule has 0 aliphatic carbocycles. The van der Waals surface area contributed by atoms with Gasteiger partial charge in [0, 0.05) is 13.5 Å². The van der Waals surface area contributed by atoms with Crippen LogP contribution in [-0.2, 0) is 22.7 Å². The van der Waals surface area contributed by atoms with Crippen LogP contribution >= 0.6 is 0 Å². The zero-order chi connectivity index (χ0) is 17.7.